The highest BCUT2D eigenvalue weighted by Gasteiger charge is 2.06. The molecule has 3 rings (SSSR count). The first kappa shape index (κ1) is 12.8. The lowest BCUT2D eigenvalue weighted by molar-refractivity contribution is 1.40. The summed E-state index contributed by atoms with van der Waals surface area (Å²) in [7, 11) is 0. The number of nitrogens with one attached hydrogen (secondary N) is 1. The van der Waals surface area contributed by atoms with Crippen molar-refractivity contribution in [3.63, 3.8) is 0 Å². The fraction of sp³-hybridized carbons (Fsp3) is 0.0625. The Balaban J connectivity index is 2.06. The first-order valence-corrected chi connectivity index (χ1v) is 6.69. The number of aryl methyl sites for hydroxylation is 1. The highest BCUT2D eigenvalue weighted by Crippen LogP contribution is 2.30. The van der Waals surface area contributed by atoms with Gasteiger partial charge in [-0.25, -0.2) is 0 Å². The van der Waals surface area contributed by atoms with Gasteiger partial charge in [-0.15, -0.1) is 0 Å². The second-order valence-electron chi connectivity index (χ2n) is 4.69. The molecule has 100 valence electrons. The lowest BCUT2D eigenvalue weighted by Crippen LogP contribution is -1.96. The van der Waals surface area contributed by atoms with Crippen molar-refractivity contribution in [1.82, 2.24) is 4.98 Å². The fourth-order valence-corrected chi connectivity index (χ4v) is 2.33. The van der Waals surface area contributed by atoms with Gasteiger partial charge < -0.3 is 11.1 Å². The summed E-state index contributed by atoms with van der Waals surface area (Å²) in [5.41, 5.74) is 10.5. The van der Waals surface area contributed by atoms with Crippen LogP contribution in [0, 0.1) is 6.92 Å². The van der Waals surface area contributed by atoms with Gasteiger partial charge in [-0.2, -0.15) is 0 Å². The Morgan fingerprint density at radius 3 is 2.80 bits per heavy atom. The maximum Gasteiger partial charge on any atom is 0.0951 e. The number of nitrogen functional groups attached to an aromatic ring is 1. The Morgan fingerprint density at radius 1 is 1.15 bits per heavy atom. The molecular formula is C16H14ClN3. The van der Waals surface area contributed by atoms with Gasteiger partial charge in [0.1, 0.15) is 0 Å². The maximum atomic E-state index is 6.19. The van der Waals surface area contributed by atoms with E-state index < -0.39 is 0 Å². The van der Waals surface area contributed by atoms with Gasteiger partial charge in [-0.05, 0) is 48.9 Å². The van der Waals surface area contributed by atoms with Crippen LogP contribution in [0.4, 0.5) is 17.1 Å². The van der Waals surface area contributed by atoms with Gasteiger partial charge in [-0.1, -0.05) is 17.7 Å². The molecule has 0 spiro atoms. The predicted octanol–water partition coefficient (Wildman–Crippen LogP) is 4.52. The van der Waals surface area contributed by atoms with Gasteiger partial charge in [0, 0.05) is 23.0 Å². The lowest BCUT2D eigenvalue weighted by atomic mass is 10.1. The molecule has 20 heavy (non-hydrogen) atoms. The summed E-state index contributed by atoms with van der Waals surface area (Å²) in [6, 6.07) is 13.5. The standard InChI is InChI=1S/C16H14ClN3/c1-10-4-5-11(9-14(10)18)20-15-7-6-13(17)12-3-2-8-19-16(12)15/h2-9,20H,18H2,1H3. The van der Waals surface area contributed by atoms with E-state index in [1.54, 1.807) is 6.20 Å². The number of benzene rings is 2. The number of pyridine rings is 1. The van der Waals surface area contributed by atoms with Crippen molar-refractivity contribution in [2.75, 3.05) is 11.1 Å². The minimum Gasteiger partial charge on any atom is -0.398 e. The third-order valence-electron chi connectivity index (χ3n) is 3.27. The van der Waals surface area contributed by atoms with Crippen LogP contribution in [0.1, 0.15) is 5.56 Å². The van der Waals surface area contributed by atoms with Crippen LogP contribution >= 0.6 is 11.6 Å². The molecule has 0 saturated heterocycles. The van der Waals surface area contributed by atoms with E-state index in [-0.39, 0.29) is 0 Å². The maximum absolute atomic E-state index is 6.19. The summed E-state index contributed by atoms with van der Waals surface area (Å²) >= 11 is 6.19. The summed E-state index contributed by atoms with van der Waals surface area (Å²) in [5, 5.41) is 4.97. The monoisotopic (exact) mass is 283 g/mol. The molecule has 0 saturated carbocycles. The first-order chi connectivity index (χ1) is 9.65. The number of anilines is 3. The van der Waals surface area contributed by atoms with Crippen LogP contribution in [0.3, 0.4) is 0 Å². The van der Waals surface area contributed by atoms with Crippen LogP contribution in [0.2, 0.25) is 5.02 Å². The molecule has 0 amide bonds. The van der Waals surface area contributed by atoms with Crippen molar-refractivity contribution in [2.24, 2.45) is 0 Å². The van der Waals surface area contributed by atoms with E-state index in [0.717, 1.165) is 33.5 Å². The Morgan fingerprint density at radius 2 is 2.00 bits per heavy atom. The number of aromatic nitrogens is 1. The van der Waals surface area contributed by atoms with Crippen molar-refractivity contribution in [3.05, 3.63) is 59.2 Å². The average molecular weight is 284 g/mol. The van der Waals surface area contributed by atoms with Crippen molar-refractivity contribution in [2.45, 2.75) is 6.92 Å². The van der Waals surface area contributed by atoms with Gasteiger partial charge in [0.05, 0.1) is 16.2 Å². The lowest BCUT2D eigenvalue weighted by Gasteiger charge is -2.11. The van der Waals surface area contributed by atoms with E-state index in [2.05, 4.69) is 10.3 Å². The van der Waals surface area contributed by atoms with E-state index >= 15 is 0 Å². The third kappa shape index (κ3) is 2.28. The van der Waals surface area contributed by atoms with Crippen LogP contribution in [0.5, 0.6) is 0 Å². The van der Waals surface area contributed by atoms with Crippen molar-refractivity contribution in [3.8, 4) is 0 Å². The zero-order valence-corrected chi connectivity index (χ0v) is 11.8. The molecule has 4 heteroatoms. The second-order valence-corrected chi connectivity index (χ2v) is 5.10. The molecule has 3 aromatic rings. The quantitative estimate of drug-likeness (QED) is 0.680. The van der Waals surface area contributed by atoms with Crippen LogP contribution in [-0.2, 0) is 0 Å². The Labute approximate surface area is 122 Å². The zero-order chi connectivity index (χ0) is 14.1. The molecule has 0 unspecified atom stereocenters. The molecule has 3 N–H and O–H groups in total. The Bertz CT molecular complexity index is 784. The van der Waals surface area contributed by atoms with Gasteiger partial charge in [0.25, 0.3) is 0 Å². The topological polar surface area (TPSA) is 50.9 Å². The molecule has 0 bridgehead atoms. The molecule has 2 aromatic carbocycles. The summed E-state index contributed by atoms with van der Waals surface area (Å²) in [5.74, 6) is 0. The molecule has 3 nitrogen and oxygen atoms in total. The Hall–Kier alpha value is -2.26. The summed E-state index contributed by atoms with van der Waals surface area (Å²) in [6.07, 6.45) is 1.76. The molecule has 0 atom stereocenters. The van der Waals surface area contributed by atoms with E-state index in [4.69, 9.17) is 17.3 Å². The molecular weight excluding hydrogens is 270 g/mol. The summed E-state index contributed by atoms with van der Waals surface area (Å²) in [4.78, 5) is 4.40. The minimum atomic E-state index is 0.696. The minimum absolute atomic E-state index is 0.696. The van der Waals surface area contributed by atoms with E-state index in [1.165, 1.54) is 0 Å². The van der Waals surface area contributed by atoms with Gasteiger partial charge in [0.15, 0.2) is 0 Å². The molecule has 0 aliphatic rings. The van der Waals surface area contributed by atoms with Gasteiger partial charge in [-0.3, -0.25) is 4.98 Å². The van der Waals surface area contributed by atoms with Crippen LogP contribution in [-0.4, -0.2) is 4.98 Å². The molecule has 0 fully saturated rings. The largest absolute Gasteiger partial charge is 0.398 e. The van der Waals surface area contributed by atoms with Crippen molar-refractivity contribution < 1.29 is 0 Å². The normalized spacial score (nSPS) is 10.7. The SMILES string of the molecule is Cc1ccc(Nc2ccc(Cl)c3cccnc23)cc1N. The number of nitrogens with two attached hydrogens (primary N) is 1. The molecule has 0 aliphatic heterocycles. The van der Waals surface area contributed by atoms with Crippen LogP contribution in [0.15, 0.2) is 48.7 Å². The van der Waals surface area contributed by atoms with Crippen molar-refractivity contribution in [1.29, 1.82) is 0 Å². The number of hydrogen-bond acceptors (Lipinski definition) is 3. The highest BCUT2D eigenvalue weighted by atomic mass is 35.5. The average Bonchev–Trinajstić information content (AvgIpc) is 2.46. The predicted molar refractivity (Wildman–Crippen MR) is 85.6 cm³/mol. The fourth-order valence-electron chi connectivity index (χ4n) is 2.11. The van der Waals surface area contributed by atoms with Crippen molar-refractivity contribution >= 4 is 39.6 Å². The van der Waals surface area contributed by atoms with Gasteiger partial charge in [0.2, 0.25) is 0 Å². The molecule has 1 aromatic heterocycles. The smallest absolute Gasteiger partial charge is 0.0951 e. The number of fused-ring (bicyclic) bond motifs is 1. The Kier molecular flexibility index (Phi) is 3.20. The molecule has 0 aliphatic carbocycles. The highest BCUT2D eigenvalue weighted by molar-refractivity contribution is 6.35. The van der Waals surface area contributed by atoms with Crippen LogP contribution in [0.25, 0.3) is 10.9 Å². The summed E-state index contributed by atoms with van der Waals surface area (Å²) < 4.78 is 0. The number of hydrogen-bond donors (Lipinski definition) is 2. The van der Waals surface area contributed by atoms with Crippen LogP contribution < -0.4 is 11.1 Å². The third-order valence-corrected chi connectivity index (χ3v) is 3.60. The van der Waals surface area contributed by atoms with Gasteiger partial charge >= 0.3 is 0 Å². The van der Waals surface area contributed by atoms with E-state index in [0.29, 0.717) is 5.02 Å². The molecule has 0 radical (unpaired) electrons. The second kappa shape index (κ2) is 5.02. The van der Waals surface area contributed by atoms with E-state index in [9.17, 15) is 0 Å². The zero-order valence-electron chi connectivity index (χ0n) is 11.0. The first-order valence-electron chi connectivity index (χ1n) is 6.31. The van der Waals surface area contributed by atoms with E-state index in [1.807, 2.05) is 49.4 Å². The number of nitrogens with zero attached hydrogens (tertiary/aromatic N) is 1. The molecule has 1 heterocycles. The number of rotatable bonds is 2. The number of halogens is 1. The summed E-state index contributed by atoms with van der Waals surface area (Å²) in [6.45, 7) is 1.98.